The number of para-hydroxylation sites is 1. The Hall–Kier alpha value is -2.82. The summed E-state index contributed by atoms with van der Waals surface area (Å²) in [7, 11) is 0. The second-order valence-corrected chi connectivity index (χ2v) is 7.78. The average Bonchev–Trinajstić information content (AvgIpc) is 3.18. The molecule has 4 rings (SSSR count). The second kappa shape index (κ2) is 8.13. The summed E-state index contributed by atoms with van der Waals surface area (Å²) in [5, 5.41) is 13.8. The smallest absolute Gasteiger partial charge is 0.355 e. The molecular weight excluding hydrogens is 417 g/mol. The molecule has 1 N–H and O–H groups in total. The van der Waals surface area contributed by atoms with E-state index in [1.165, 1.54) is 6.07 Å². The molecule has 0 saturated carbocycles. The summed E-state index contributed by atoms with van der Waals surface area (Å²) in [5.41, 5.74) is 0.824. The van der Waals surface area contributed by atoms with Gasteiger partial charge in [0.25, 0.3) is 5.82 Å². The summed E-state index contributed by atoms with van der Waals surface area (Å²) < 4.78 is 39.9. The Bertz CT molecular complexity index is 1060. The first kappa shape index (κ1) is 20.5. The molecule has 1 aliphatic rings. The zero-order valence-corrected chi connectivity index (χ0v) is 16.9. The van der Waals surface area contributed by atoms with Crippen LogP contribution in [0.3, 0.4) is 0 Å². The van der Waals surface area contributed by atoms with E-state index >= 15 is 0 Å². The maximum Gasteiger partial charge on any atom is 0.453 e. The third-order valence-corrected chi connectivity index (χ3v) is 5.85. The number of alkyl halides is 3. The van der Waals surface area contributed by atoms with Crippen LogP contribution in [0.4, 0.5) is 24.7 Å². The molecule has 0 unspecified atom stereocenters. The molecule has 1 amide bonds. The van der Waals surface area contributed by atoms with Crippen molar-refractivity contribution in [1.82, 2.24) is 19.8 Å². The van der Waals surface area contributed by atoms with Gasteiger partial charge in [-0.15, -0.1) is 27.1 Å². The zero-order chi connectivity index (χ0) is 21.3. The SMILES string of the molecule is CSc1ccccc1NC(=O)C1CCN(c2ccc3nnc(C(F)(F)F)n3n2)CC1. The van der Waals surface area contributed by atoms with E-state index in [0.29, 0.717) is 36.3 Å². The van der Waals surface area contributed by atoms with Crippen LogP contribution in [0, 0.1) is 5.92 Å². The number of nitrogens with zero attached hydrogens (tertiary/aromatic N) is 5. The van der Waals surface area contributed by atoms with Crippen molar-refractivity contribution in [1.29, 1.82) is 0 Å². The van der Waals surface area contributed by atoms with Crippen molar-refractivity contribution < 1.29 is 18.0 Å². The largest absolute Gasteiger partial charge is 0.453 e. The molecule has 0 aliphatic carbocycles. The van der Waals surface area contributed by atoms with Crippen molar-refractivity contribution in [2.75, 3.05) is 29.6 Å². The van der Waals surface area contributed by atoms with Gasteiger partial charge in [-0.05, 0) is 43.4 Å². The van der Waals surface area contributed by atoms with E-state index in [9.17, 15) is 18.0 Å². The average molecular weight is 436 g/mol. The predicted molar refractivity (Wildman–Crippen MR) is 108 cm³/mol. The first-order chi connectivity index (χ1) is 14.4. The Morgan fingerprint density at radius 2 is 1.87 bits per heavy atom. The van der Waals surface area contributed by atoms with Gasteiger partial charge < -0.3 is 10.2 Å². The maximum absolute atomic E-state index is 13.1. The number of carbonyl (C=O) groups is 1. The predicted octanol–water partition coefficient (Wildman–Crippen LogP) is 3.72. The number of halogens is 3. The second-order valence-electron chi connectivity index (χ2n) is 6.93. The molecule has 1 fully saturated rings. The third kappa shape index (κ3) is 4.07. The Morgan fingerprint density at radius 3 is 2.57 bits per heavy atom. The van der Waals surface area contributed by atoms with Gasteiger partial charge in [-0.25, -0.2) is 0 Å². The number of thioether (sulfide) groups is 1. The lowest BCUT2D eigenvalue weighted by Crippen LogP contribution is -2.38. The fraction of sp³-hybridized carbons (Fsp3) is 0.368. The molecular formula is C19H19F3N6OS. The number of benzene rings is 1. The summed E-state index contributed by atoms with van der Waals surface area (Å²) in [6.45, 7) is 1.04. The van der Waals surface area contributed by atoms with Crippen LogP contribution in [0.5, 0.6) is 0 Å². The molecule has 158 valence electrons. The topological polar surface area (TPSA) is 75.4 Å². The van der Waals surface area contributed by atoms with Crippen molar-refractivity contribution in [3.05, 3.63) is 42.2 Å². The molecule has 0 atom stereocenters. The fourth-order valence-electron chi connectivity index (χ4n) is 3.48. The summed E-state index contributed by atoms with van der Waals surface area (Å²) in [6.07, 6.45) is -1.51. The minimum absolute atomic E-state index is 0.0350. The maximum atomic E-state index is 13.1. The van der Waals surface area contributed by atoms with Gasteiger partial charge in [-0.2, -0.15) is 17.7 Å². The highest BCUT2D eigenvalue weighted by Crippen LogP contribution is 2.29. The van der Waals surface area contributed by atoms with Gasteiger partial charge in [-0.1, -0.05) is 12.1 Å². The molecule has 1 saturated heterocycles. The lowest BCUT2D eigenvalue weighted by Gasteiger charge is -2.32. The molecule has 2 aromatic heterocycles. The number of fused-ring (bicyclic) bond motifs is 1. The number of hydrogen-bond acceptors (Lipinski definition) is 6. The molecule has 7 nitrogen and oxygen atoms in total. The number of nitrogens with one attached hydrogen (secondary N) is 1. The molecule has 0 spiro atoms. The fourth-order valence-corrected chi connectivity index (χ4v) is 4.03. The van der Waals surface area contributed by atoms with Gasteiger partial charge in [0.05, 0.1) is 5.69 Å². The lowest BCUT2D eigenvalue weighted by atomic mass is 9.96. The van der Waals surface area contributed by atoms with Gasteiger partial charge in [0.2, 0.25) is 5.91 Å². The van der Waals surface area contributed by atoms with Gasteiger partial charge in [-0.3, -0.25) is 4.79 Å². The van der Waals surface area contributed by atoms with E-state index < -0.39 is 12.0 Å². The van der Waals surface area contributed by atoms with Crippen molar-refractivity contribution in [3.8, 4) is 0 Å². The van der Waals surface area contributed by atoms with Gasteiger partial charge in [0.15, 0.2) is 5.65 Å². The lowest BCUT2D eigenvalue weighted by molar-refractivity contribution is -0.146. The van der Waals surface area contributed by atoms with E-state index in [2.05, 4.69) is 20.6 Å². The Morgan fingerprint density at radius 1 is 1.13 bits per heavy atom. The number of anilines is 2. The standard InChI is InChI=1S/C19H19F3N6OS/c1-30-14-5-3-2-4-13(14)23-17(29)12-8-10-27(11-9-12)16-7-6-15-24-25-18(19(20,21)22)28(15)26-16/h2-7,12H,8-11H2,1H3,(H,23,29). The van der Waals surface area contributed by atoms with Crippen LogP contribution in [-0.4, -0.2) is 45.1 Å². The molecule has 1 aromatic carbocycles. The highest BCUT2D eigenvalue weighted by atomic mass is 32.2. The van der Waals surface area contributed by atoms with E-state index in [1.54, 1.807) is 17.8 Å². The monoisotopic (exact) mass is 436 g/mol. The number of hydrogen-bond donors (Lipinski definition) is 1. The molecule has 11 heteroatoms. The van der Waals surface area contributed by atoms with E-state index in [-0.39, 0.29) is 17.5 Å². The normalized spacial score (nSPS) is 15.5. The summed E-state index contributed by atoms with van der Waals surface area (Å²) in [5.74, 6) is -0.960. The minimum Gasteiger partial charge on any atom is -0.355 e. The van der Waals surface area contributed by atoms with E-state index in [4.69, 9.17) is 0 Å². The summed E-state index contributed by atoms with van der Waals surface area (Å²) >= 11 is 1.56. The quantitative estimate of drug-likeness (QED) is 0.629. The third-order valence-electron chi connectivity index (χ3n) is 5.06. The molecule has 0 radical (unpaired) electrons. The summed E-state index contributed by atoms with van der Waals surface area (Å²) in [4.78, 5) is 15.5. The molecule has 1 aliphatic heterocycles. The molecule has 30 heavy (non-hydrogen) atoms. The van der Waals surface area contributed by atoms with Crippen LogP contribution in [-0.2, 0) is 11.0 Å². The van der Waals surface area contributed by atoms with Crippen LogP contribution in [0.1, 0.15) is 18.7 Å². The van der Waals surface area contributed by atoms with Crippen molar-refractivity contribution in [2.45, 2.75) is 23.9 Å². The van der Waals surface area contributed by atoms with Crippen LogP contribution < -0.4 is 10.2 Å². The number of piperidine rings is 1. The number of amides is 1. The Balaban J connectivity index is 1.44. The number of carbonyl (C=O) groups excluding carboxylic acids is 1. The molecule has 0 bridgehead atoms. The van der Waals surface area contributed by atoms with Crippen molar-refractivity contribution in [3.63, 3.8) is 0 Å². The highest BCUT2D eigenvalue weighted by molar-refractivity contribution is 7.98. The Kier molecular flexibility index (Phi) is 5.54. The first-order valence-corrected chi connectivity index (χ1v) is 10.6. The van der Waals surface area contributed by atoms with Crippen molar-refractivity contribution in [2.24, 2.45) is 5.92 Å². The van der Waals surface area contributed by atoms with Crippen LogP contribution >= 0.6 is 11.8 Å². The minimum atomic E-state index is -4.64. The van der Waals surface area contributed by atoms with Gasteiger partial charge in [0.1, 0.15) is 5.82 Å². The summed E-state index contributed by atoms with van der Waals surface area (Å²) in [6, 6.07) is 10.7. The Labute approximate surface area is 174 Å². The van der Waals surface area contributed by atoms with Crippen molar-refractivity contribution >= 4 is 34.8 Å². The molecule has 3 heterocycles. The van der Waals surface area contributed by atoms with E-state index in [1.807, 2.05) is 35.4 Å². The highest BCUT2D eigenvalue weighted by Gasteiger charge is 2.38. The van der Waals surface area contributed by atoms with Crippen LogP contribution in [0.2, 0.25) is 0 Å². The van der Waals surface area contributed by atoms with E-state index in [0.717, 1.165) is 10.6 Å². The van der Waals surface area contributed by atoms with Gasteiger partial charge >= 0.3 is 6.18 Å². The molecule has 3 aromatic rings. The van der Waals surface area contributed by atoms with Crippen LogP contribution in [0.15, 0.2) is 41.3 Å². The number of aromatic nitrogens is 4. The van der Waals surface area contributed by atoms with Gasteiger partial charge in [0, 0.05) is 23.9 Å². The zero-order valence-electron chi connectivity index (χ0n) is 16.1. The van der Waals surface area contributed by atoms with Crippen LogP contribution in [0.25, 0.3) is 5.65 Å². The first-order valence-electron chi connectivity index (χ1n) is 9.35. The number of rotatable bonds is 4.